The van der Waals surface area contributed by atoms with E-state index < -0.39 is 0 Å². The molecule has 0 radical (unpaired) electrons. The van der Waals surface area contributed by atoms with Crippen molar-refractivity contribution in [1.82, 2.24) is 14.7 Å². The van der Waals surface area contributed by atoms with Crippen LogP contribution in [-0.4, -0.2) is 34.2 Å². The number of nitrogen functional groups attached to an aromatic ring is 1. The number of carbonyl (C=O) groups is 1. The van der Waals surface area contributed by atoms with Crippen molar-refractivity contribution in [2.75, 3.05) is 19.3 Å². The summed E-state index contributed by atoms with van der Waals surface area (Å²) in [5.74, 6) is 1.23. The summed E-state index contributed by atoms with van der Waals surface area (Å²) in [6.45, 7) is 1.15. The topological polar surface area (TPSA) is 64.2 Å². The zero-order valence-electron chi connectivity index (χ0n) is 11.0. The molecule has 0 aromatic carbocycles. The molecule has 1 aliphatic rings. The maximum absolute atomic E-state index is 12.0. The van der Waals surface area contributed by atoms with E-state index in [0.717, 1.165) is 6.54 Å². The van der Waals surface area contributed by atoms with Gasteiger partial charge in [0, 0.05) is 19.8 Å². The van der Waals surface area contributed by atoms with E-state index in [1.54, 1.807) is 16.9 Å². The maximum Gasteiger partial charge on any atom is 0.244 e. The van der Waals surface area contributed by atoms with Crippen LogP contribution in [-0.2, 0) is 11.3 Å². The molecule has 1 aromatic rings. The van der Waals surface area contributed by atoms with Crippen molar-refractivity contribution in [2.45, 2.75) is 38.6 Å². The number of rotatable bonds is 4. The number of nitrogens with two attached hydrogens (primary N) is 1. The molecule has 0 saturated heterocycles. The van der Waals surface area contributed by atoms with E-state index in [9.17, 15) is 4.79 Å². The van der Waals surface area contributed by atoms with E-state index in [4.69, 9.17) is 5.73 Å². The zero-order chi connectivity index (χ0) is 13.0. The van der Waals surface area contributed by atoms with Crippen LogP contribution in [0.1, 0.15) is 32.1 Å². The van der Waals surface area contributed by atoms with Crippen LogP contribution in [0, 0.1) is 5.92 Å². The molecule has 18 heavy (non-hydrogen) atoms. The number of nitrogens with zero attached hydrogens (tertiary/aromatic N) is 3. The average Bonchev–Trinajstić information content (AvgIpc) is 2.76. The SMILES string of the molecule is CN(CC1CCCCC1)C(=O)Cn1ccc(N)n1. The third-order valence-corrected chi connectivity index (χ3v) is 3.64. The minimum atomic E-state index is 0.101. The van der Waals surface area contributed by atoms with Gasteiger partial charge in [-0.15, -0.1) is 0 Å². The lowest BCUT2D eigenvalue weighted by atomic mass is 9.89. The van der Waals surface area contributed by atoms with Crippen LogP contribution in [0.25, 0.3) is 0 Å². The molecule has 1 heterocycles. The molecule has 100 valence electrons. The van der Waals surface area contributed by atoms with E-state index in [1.165, 1.54) is 32.1 Å². The zero-order valence-corrected chi connectivity index (χ0v) is 11.0. The second-order valence-corrected chi connectivity index (χ2v) is 5.22. The molecule has 1 saturated carbocycles. The van der Waals surface area contributed by atoms with Crippen LogP contribution in [0.5, 0.6) is 0 Å². The highest BCUT2D eigenvalue weighted by Gasteiger charge is 2.18. The first-order valence-electron chi connectivity index (χ1n) is 6.68. The van der Waals surface area contributed by atoms with E-state index in [-0.39, 0.29) is 12.5 Å². The number of anilines is 1. The van der Waals surface area contributed by atoms with Gasteiger partial charge in [-0.25, -0.2) is 0 Å². The lowest BCUT2D eigenvalue weighted by Gasteiger charge is -2.27. The lowest BCUT2D eigenvalue weighted by molar-refractivity contribution is -0.131. The second-order valence-electron chi connectivity index (χ2n) is 5.22. The molecule has 5 heteroatoms. The molecular formula is C13H22N4O. The molecule has 1 aromatic heterocycles. The van der Waals surface area contributed by atoms with Gasteiger partial charge in [0.05, 0.1) is 0 Å². The van der Waals surface area contributed by atoms with Gasteiger partial charge in [0.1, 0.15) is 12.4 Å². The fourth-order valence-corrected chi connectivity index (χ4v) is 2.58. The molecule has 0 spiro atoms. The highest BCUT2D eigenvalue weighted by molar-refractivity contribution is 5.75. The van der Waals surface area contributed by atoms with Gasteiger partial charge in [0.15, 0.2) is 0 Å². The minimum absolute atomic E-state index is 0.101. The molecule has 2 N–H and O–H groups in total. The summed E-state index contributed by atoms with van der Waals surface area (Å²) in [7, 11) is 1.88. The van der Waals surface area contributed by atoms with E-state index in [0.29, 0.717) is 11.7 Å². The van der Waals surface area contributed by atoms with Crippen molar-refractivity contribution in [3.63, 3.8) is 0 Å². The van der Waals surface area contributed by atoms with Gasteiger partial charge in [-0.2, -0.15) is 5.10 Å². The van der Waals surface area contributed by atoms with Crippen molar-refractivity contribution in [3.05, 3.63) is 12.3 Å². The van der Waals surface area contributed by atoms with Crippen LogP contribution in [0.2, 0.25) is 0 Å². The van der Waals surface area contributed by atoms with Crippen LogP contribution in [0.4, 0.5) is 5.82 Å². The first-order chi connectivity index (χ1) is 8.65. The number of hydrogen-bond donors (Lipinski definition) is 1. The molecule has 5 nitrogen and oxygen atoms in total. The summed E-state index contributed by atoms with van der Waals surface area (Å²) >= 11 is 0. The summed E-state index contributed by atoms with van der Waals surface area (Å²) in [5, 5.41) is 4.03. The summed E-state index contributed by atoms with van der Waals surface area (Å²) in [5.41, 5.74) is 5.52. The Morgan fingerprint density at radius 3 is 2.83 bits per heavy atom. The summed E-state index contributed by atoms with van der Waals surface area (Å²) in [6, 6.07) is 1.70. The summed E-state index contributed by atoms with van der Waals surface area (Å²) in [6.07, 6.45) is 8.21. The third-order valence-electron chi connectivity index (χ3n) is 3.64. The Balaban J connectivity index is 1.80. The first-order valence-corrected chi connectivity index (χ1v) is 6.68. The van der Waals surface area contributed by atoms with Gasteiger partial charge in [-0.1, -0.05) is 19.3 Å². The van der Waals surface area contributed by atoms with Crippen LogP contribution < -0.4 is 5.73 Å². The van der Waals surface area contributed by atoms with E-state index in [1.807, 2.05) is 11.9 Å². The maximum atomic E-state index is 12.0. The molecule has 1 aliphatic carbocycles. The number of likely N-dealkylation sites (N-methyl/N-ethyl adjacent to an activating group) is 1. The van der Waals surface area contributed by atoms with Gasteiger partial charge in [-0.05, 0) is 24.8 Å². The third kappa shape index (κ3) is 3.48. The molecular weight excluding hydrogens is 228 g/mol. The Labute approximate surface area is 108 Å². The van der Waals surface area contributed by atoms with E-state index >= 15 is 0 Å². The average molecular weight is 250 g/mol. The highest BCUT2D eigenvalue weighted by atomic mass is 16.2. The smallest absolute Gasteiger partial charge is 0.244 e. The van der Waals surface area contributed by atoms with Gasteiger partial charge in [0.25, 0.3) is 0 Å². The Bertz CT molecular complexity index is 395. The summed E-state index contributed by atoms with van der Waals surface area (Å²) < 4.78 is 1.59. The Kier molecular flexibility index (Phi) is 4.23. The van der Waals surface area contributed by atoms with Crippen molar-refractivity contribution in [1.29, 1.82) is 0 Å². The van der Waals surface area contributed by atoms with Gasteiger partial charge >= 0.3 is 0 Å². The Hall–Kier alpha value is -1.52. The van der Waals surface area contributed by atoms with E-state index in [2.05, 4.69) is 5.10 Å². The van der Waals surface area contributed by atoms with Gasteiger partial charge < -0.3 is 10.6 Å². The Morgan fingerprint density at radius 1 is 1.50 bits per heavy atom. The van der Waals surface area contributed by atoms with Crippen LogP contribution >= 0.6 is 0 Å². The second kappa shape index (κ2) is 5.89. The minimum Gasteiger partial charge on any atom is -0.382 e. The normalized spacial score (nSPS) is 16.7. The largest absolute Gasteiger partial charge is 0.382 e. The molecule has 0 unspecified atom stereocenters. The van der Waals surface area contributed by atoms with Gasteiger partial charge in [-0.3, -0.25) is 9.48 Å². The number of amides is 1. The fourth-order valence-electron chi connectivity index (χ4n) is 2.58. The molecule has 2 rings (SSSR count). The van der Waals surface area contributed by atoms with Crippen LogP contribution in [0.3, 0.4) is 0 Å². The standard InChI is InChI=1S/C13H22N4O/c1-16(9-11-5-3-2-4-6-11)13(18)10-17-8-7-12(14)15-17/h7-8,11H,2-6,9-10H2,1H3,(H2,14,15). The molecule has 0 aliphatic heterocycles. The van der Waals surface area contributed by atoms with Crippen molar-refractivity contribution < 1.29 is 4.79 Å². The Morgan fingerprint density at radius 2 is 2.22 bits per heavy atom. The van der Waals surface area contributed by atoms with Crippen molar-refractivity contribution in [2.24, 2.45) is 5.92 Å². The number of aromatic nitrogens is 2. The fraction of sp³-hybridized carbons (Fsp3) is 0.692. The molecule has 0 bridgehead atoms. The van der Waals surface area contributed by atoms with Gasteiger partial charge in [0.2, 0.25) is 5.91 Å². The van der Waals surface area contributed by atoms with Crippen LogP contribution in [0.15, 0.2) is 12.3 Å². The lowest BCUT2D eigenvalue weighted by Crippen LogP contribution is -2.35. The molecule has 1 amide bonds. The van der Waals surface area contributed by atoms with Crippen molar-refractivity contribution >= 4 is 11.7 Å². The summed E-state index contributed by atoms with van der Waals surface area (Å²) in [4.78, 5) is 13.8. The molecule has 0 atom stereocenters. The highest BCUT2D eigenvalue weighted by Crippen LogP contribution is 2.24. The van der Waals surface area contributed by atoms with Crippen molar-refractivity contribution in [3.8, 4) is 0 Å². The predicted molar refractivity (Wildman–Crippen MR) is 70.9 cm³/mol. The number of hydrogen-bond acceptors (Lipinski definition) is 3. The monoisotopic (exact) mass is 250 g/mol. The molecule has 1 fully saturated rings. The number of carbonyl (C=O) groups excluding carboxylic acids is 1. The quantitative estimate of drug-likeness (QED) is 0.880. The first kappa shape index (κ1) is 12.9. The predicted octanol–water partition coefficient (Wildman–Crippen LogP) is 1.50.